The first-order valence-corrected chi connectivity index (χ1v) is 13.8. The maximum Gasteiger partial charge on any atom is 0.170 e. The van der Waals surface area contributed by atoms with Gasteiger partial charge in [0.25, 0.3) is 0 Å². The Morgan fingerprint density at radius 3 is 1.52 bits per heavy atom. The number of aromatic nitrogens is 4. The summed E-state index contributed by atoms with van der Waals surface area (Å²) in [6.45, 7) is 5.06. The fraction of sp³-hybridized carbons (Fsp3) is 0.121. The molecule has 4 aromatic carbocycles. The molecule has 0 saturated carbocycles. The van der Waals surface area contributed by atoms with Crippen LogP contribution in [0.15, 0.2) is 91.5 Å². The number of benzene rings is 4. The molecule has 0 spiro atoms. The number of carbonyl (C=O) groups excluding carboxylic acids is 1. The van der Waals surface area contributed by atoms with E-state index in [1.165, 1.54) is 0 Å². The minimum absolute atomic E-state index is 0.426. The summed E-state index contributed by atoms with van der Waals surface area (Å²) in [4.78, 5) is 11.1. The van der Waals surface area contributed by atoms with Crippen LogP contribution in [0.25, 0.3) is 27.9 Å². The molecule has 9 heteroatoms. The van der Waals surface area contributed by atoms with Crippen molar-refractivity contribution in [3.05, 3.63) is 124 Å². The van der Waals surface area contributed by atoms with Gasteiger partial charge in [0.15, 0.2) is 6.29 Å². The molecule has 0 bridgehead atoms. The minimum Gasteiger partial charge on any atom is -0.497 e. The Morgan fingerprint density at radius 2 is 1.12 bits per heavy atom. The van der Waals surface area contributed by atoms with Crippen LogP contribution in [0, 0.1) is 0 Å². The molecule has 2 aromatic heterocycles. The summed E-state index contributed by atoms with van der Waals surface area (Å²) in [6.07, 6.45) is 2.53. The van der Waals surface area contributed by atoms with Crippen LogP contribution in [0.4, 0.5) is 0 Å². The molecule has 0 radical (unpaired) electrons. The third kappa shape index (κ3) is 6.33. The van der Waals surface area contributed by atoms with E-state index in [0.29, 0.717) is 28.8 Å². The van der Waals surface area contributed by atoms with Gasteiger partial charge in [0, 0.05) is 20.8 Å². The Bertz CT molecular complexity index is 1720. The van der Waals surface area contributed by atoms with Crippen molar-refractivity contribution in [1.82, 2.24) is 19.6 Å². The standard InChI is InChI=1S/C17H15ClN2O.C16H13ClN2O2/c1-3-16-15-9-6-13(18)10-17(15)20(19-16)11-12-4-7-14(21-2)8-5-12;1-21-13-5-2-11(3-6-13)9-19-16-8-12(17)4-7-14(16)15(10-20)18-19/h3-10H,1,11H2,2H3;2-8,10H,9H2,1H3. The molecular formula is C33H28Cl2N4O3. The zero-order valence-corrected chi connectivity index (χ0v) is 24.6. The van der Waals surface area contributed by atoms with Crippen LogP contribution in [-0.4, -0.2) is 40.1 Å². The molecule has 0 N–H and O–H groups in total. The highest BCUT2D eigenvalue weighted by atomic mass is 35.5. The Kier molecular flexibility index (Phi) is 8.91. The lowest BCUT2D eigenvalue weighted by Crippen LogP contribution is -2.02. The molecule has 6 rings (SSSR count). The predicted molar refractivity (Wildman–Crippen MR) is 169 cm³/mol. The average molecular weight is 600 g/mol. The molecule has 42 heavy (non-hydrogen) atoms. The van der Waals surface area contributed by atoms with Gasteiger partial charge < -0.3 is 9.47 Å². The van der Waals surface area contributed by atoms with E-state index in [9.17, 15) is 4.79 Å². The molecule has 0 aliphatic carbocycles. The van der Waals surface area contributed by atoms with E-state index in [1.807, 2.05) is 83.5 Å². The molecule has 6 aromatic rings. The summed E-state index contributed by atoms with van der Waals surface area (Å²) in [5, 5.41) is 12.1. The van der Waals surface area contributed by atoms with Gasteiger partial charge in [-0.25, -0.2) is 0 Å². The molecule has 7 nitrogen and oxygen atoms in total. The predicted octanol–water partition coefficient (Wildman–Crippen LogP) is 7.95. The number of nitrogens with zero attached hydrogens (tertiary/aromatic N) is 4. The van der Waals surface area contributed by atoms with Crippen molar-refractivity contribution in [2.45, 2.75) is 13.1 Å². The van der Waals surface area contributed by atoms with Gasteiger partial charge in [0.05, 0.1) is 44.0 Å². The second-order valence-electron chi connectivity index (χ2n) is 9.43. The second-order valence-corrected chi connectivity index (χ2v) is 10.3. The van der Waals surface area contributed by atoms with Crippen LogP contribution in [0.5, 0.6) is 11.5 Å². The first kappa shape index (κ1) is 28.9. The Morgan fingerprint density at radius 1 is 0.690 bits per heavy atom. The molecule has 0 saturated heterocycles. The van der Waals surface area contributed by atoms with Gasteiger partial charge in [-0.3, -0.25) is 14.2 Å². The van der Waals surface area contributed by atoms with E-state index in [1.54, 1.807) is 31.0 Å². The molecule has 0 aliphatic rings. The molecule has 0 unspecified atom stereocenters. The summed E-state index contributed by atoms with van der Waals surface area (Å²) in [6, 6.07) is 26.9. The number of methoxy groups -OCH3 is 2. The average Bonchev–Trinajstić information content (AvgIpc) is 3.54. The van der Waals surface area contributed by atoms with Crippen LogP contribution in [0.3, 0.4) is 0 Å². The van der Waals surface area contributed by atoms with Crippen molar-refractivity contribution in [2.24, 2.45) is 0 Å². The van der Waals surface area contributed by atoms with Gasteiger partial charge in [0.1, 0.15) is 17.2 Å². The van der Waals surface area contributed by atoms with Gasteiger partial charge in [-0.1, -0.05) is 54.0 Å². The Labute approximate surface area is 253 Å². The molecule has 0 amide bonds. The number of carbonyl (C=O) groups is 1. The monoisotopic (exact) mass is 598 g/mol. The normalized spacial score (nSPS) is 10.8. The molecule has 2 heterocycles. The van der Waals surface area contributed by atoms with Crippen LogP contribution in [0.1, 0.15) is 27.3 Å². The minimum atomic E-state index is 0.426. The van der Waals surface area contributed by atoms with Crippen molar-refractivity contribution in [3.63, 3.8) is 0 Å². The molecular weight excluding hydrogens is 571 g/mol. The number of hydrogen-bond donors (Lipinski definition) is 0. The van der Waals surface area contributed by atoms with Crippen molar-refractivity contribution in [1.29, 1.82) is 0 Å². The van der Waals surface area contributed by atoms with Crippen LogP contribution in [-0.2, 0) is 13.1 Å². The van der Waals surface area contributed by atoms with Crippen molar-refractivity contribution < 1.29 is 14.3 Å². The number of ether oxygens (including phenoxy) is 2. The topological polar surface area (TPSA) is 71.2 Å². The summed E-state index contributed by atoms with van der Waals surface area (Å²) in [5.74, 6) is 1.65. The Hall–Kier alpha value is -4.59. The highest BCUT2D eigenvalue weighted by Crippen LogP contribution is 2.25. The first-order chi connectivity index (χ1) is 20.4. The number of aldehydes is 1. The maximum absolute atomic E-state index is 11.1. The summed E-state index contributed by atoms with van der Waals surface area (Å²) in [7, 11) is 3.29. The third-order valence-electron chi connectivity index (χ3n) is 6.77. The van der Waals surface area contributed by atoms with E-state index >= 15 is 0 Å². The van der Waals surface area contributed by atoms with Gasteiger partial charge in [0.2, 0.25) is 0 Å². The summed E-state index contributed by atoms with van der Waals surface area (Å²) < 4.78 is 14.0. The third-order valence-corrected chi connectivity index (χ3v) is 7.24. The number of rotatable bonds is 8. The number of fused-ring (bicyclic) bond motifs is 2. The summed E-state index contributed by atoms with van der Waals surface area (Å²) >= 11 is 12.1. The van der Waals surface area contributed by atoms with E-state index in [0.717, 1.165) is 56.4 Å². The zero-order chi connectivity index (χ0) is 29.6. The zero-order valence-electron chi connectivity index (χ0n) is 23.1. The first-order valence-electron chi connectivity index (χ1n) is 13.1. The number of hydrogen-bond acceptors (Lipinski definition) is 5. The van der Waals surface area contributed by atoms with Gasteiger partial charge in [-0.2, -0.15) is 10.2 Å². The van der Waals surface area contributed by atoms with Crippen LogP contribution >= 0.6 is 23.2 Å². The van der Waals surface area contributed by atoms with Gasteiger partial charge in [-0.15, -0.1) is 0 Å². The van der Waals surface area contributed by atoms with E-state index in [-0.39, 0.29) is 0 Å². The molecule has 0 aliphatic heterocycles. The largest absolute Gasteiger partial charge is 0.497 e. The van der Waals surface area contributed by atoms with Crippen LogP contribution in [0.2, 0.25) is 10.0 Å². The van der Waals surface area contributed by atoms with E-state index in [4.69, 9.17) is 32.7 Å². The van der Waals surface area contributed by atoms with Crippen molar-refractivity contribution in [3.8, 4) is 11.5 Å². The fourth-order valence-corrected chi connectivity index (χ4v) is 4.96. The SMILES string of the molecule is C=Cc1nn(Cc2ccc(OC)cc2)c2cc(Cl)ccc12.COc1ccc(Cn2nc(C=O)c3ccc(Cl)cc32)cc1. The quantitative estimate of drug-likeness (QED) is 0.166. The highest BCUT2D eigenvalue weighted by molar-refractivity contribution is 6.31. The summed E-state index contributed by atoms with van der Waals surface area (Å²) in [5.41, 5.74) is 5.37. The lowest BCUT2D eigenvalue weighted by Gasteiger charge is -2.05. The lowest BCUT2D eigenvalue weighted by atomic mass is 10.2. The fourth-order valence-electron chi connectivity index (χ4n) is 4.63. The molecule has 0 atom stereocenters. The Balaban J connectivity index is 0.000000168. The second kappa shape index (κ2) is 12.9. The lowest BCUT2D eigenvalue weighted by molar-refractivity contribution is 0.111. The maximum atomic E-state index is 11.1. The smallest absolute Gasteiger partial charge is 0.170 e. The highest BCUT2D eigenvalue weighted by Gasteiger charge is 2.11. The van der Waals surface area contributed by atoms with Gasteiger partial charge >= 0.3 is 0 Å². The van der Waals surface area contributed by atoms with Crippen LogP contribution < -0.4 is 9.47 Å². The van der Waals surface area contributed by atoms with E-state index < -0.39 is 0 Å². The molecule has 0 fully saturated rings. The van der Waals surface area contributed by atoms with E-state index in [2.05, 4.69) is 16.8 Å². The van der Waals surface area contributed by atoms with Crippen molar-refractivity contribution in [2.75, 3.05) is 14.2 Å². The number of halogens is 2. The van der Waals surface area contributed by atoms with Gasteiger partial charge in [-0.05, 0) is 77.9 Å². The molecule has 212 valence electrons. The van der Waals surface area contributed by atoms with Crippen molar-refractivity contribution >= 4 is 57.4 Å².